The third-order valence-corrected chi connectivity index (χ3v) is 1.97. The second-order valence-electron chi connectivity index (χ2n) is 2.21. The normalized spacial score (nSPS) is 9.00. The highest BCUT2D eigenvalue weighted by molar-refractivity contribution is 7.17. The molecular weight excluding hydrogens is 188 g/mol. The minimum absolute atomic E-state index is 0.833. The number of hydrogen-bond acceptors (Lipinski definition) is 4. The molecule has 1 N–H and O–H groups in total. The third kappa shape index (κ3) is 3.16. The monoisotopic (exact) mass is 196 g/mol. The summed E-state index contributed by atoms with van der Waals surface area (Å²) >= 11 is 1.66. The van der Waals surface area contributed by atoms with Crippen LogP contribution >= 0.6 is 11.3 Å². The molecule has 2 heterocycles. The summed E-state index contributed by atoms with van der Waals surface area (Å²) in [5.41, 5.74) is 1.04. The lowest BCUT2D eigenvalue weighted by atomic mass is 10.5. The number of nitrogens with zero attached hydrogens (tertiary/aromatic N) is 2. The molecular formula is C8H8N2O2S. The first-order valence-corrected chi connectivity index (χ1v) is 4.41. The van der Waals surface area contributed by atoms with Gasteiger partial charge in [0, 0.05) is 13.1 Å². The molecule has 0 aliphatic heterocycles. The van der Waals surface area contributed by atoms with Gasteiger partial charge in [0.25, 0.3) is 5.97 Å². The third-order valence-electron chi connectivity index (χ3n) is 1.13. The van der Waals surface area contributed by atoms with Crippen molar-refractivity contribution < 1.29 is 9.90 Å². The van der Waals surface area contributed by atoms with Gasteiger partial charge in [-0.05, 0) is 11.4 Å². The Kier molecular flexibility index (Phi) is 3.33. The molecule has 0 aliphatic rings. The van der Waals surface area contributed by atoms with Gasteiger partial charge in [-0.1, -0.05) is 0 Å². The SMILES string of the molecule is CC(=O)O.c1ncc2sccc2n1. The summed E-state index contributed by atoms with van der Waals surface area (Å²) in [6, 6.07) is 1.99. The van der Waals surface area contributed by atoms with E-state index in [1.54, 1.807) is 17.7 Å². The zero-order valence-electron chi connectivity index (χ0n) is 6.97. The average Bonchev–Trinajstić information content (AvgIpc) is 2.49. The maximum absolute atomic E-state index is 9.00. The van der Waals surface area contributed by atoms with Crippen molar-refractivity contribution in [2.24, 2.45) is 0 Å². The van der Waals surface area contributed by atoms with Crippen molar-refractivity contribution in [1.82, 2.24) is 9.97 Å². The van der Waals surface area contributed by atoms with Gasteiger partial charge >= 0.3 is 0 Å². The molecule has 0 unspecified atom stereocenters. The summed E-state index contributed by atoms with van der Waals surface area (Å²) in [5, 5.41) is 9.43. The molecule has 0 fully saturated rings. The summed E-state index contributed by atoms with van der Waals surface area (Å²) < 4.78 is 1.15. The van der Waals surface area contributed by atoms with E-state index in [0.29, 0.717) is 0 Å². The number of carboxylic acid groups (broad SMARTS) is 1. The number of fused-ring (bicyclic) bond motifs is 1. The smallest absolute Gasteiger partial charge is 0.300 e. The fraction of sp³-hybridized carbons (Fsp3) is 0.125. The fourth-order valence-corrected chi connectivity index (χ4v) is 1.42. The standard InChI is InChI=1S/C6H4N2S.C2H4O2/c1-2-9-6-3-7-4-8-5(1)6;1-2(3)4/h1-4H;1H3,(H,3,4). The Labute approximate surface area is 78.9 Å². The van der Waals surface area contributed by atoms with Crippen molar-refractivity contribution >= 4 is 27.5 Å². The van der Waals surface area contributed by atoms with Gasteiger partial charge in [0.05, 0.1) is 10.2 Å². The van der Waals surface area contributed by atoms with Crippen molar-refractivity contribution in [3.8, 4) is 0 Å². The predicted octanol–water partition coefficient (Wildman–Crippen LogP) is 1.78. The van der Waals surface area contributed by atoms with Crippen LogP contribution in [0.25, 0.3) is 10.2 Å². The molecule has 0 spiro atoms. The molecule has 2 aromatic heterocycles. The van der Waals surface area contributed by atoms with Gasteiger partial charge in [-0.25, -0.2) is 9.97 Å². The number of aromatic nitrogens is 2. The average molecular weight is 196 g/mol. The molecule has 2 rings (SSSR count). The predicted molar refractivity (Wildman–Crippen MR) is 50.7 cm³/mol. The molecule has 0 atom stereocenters. The second-order valence-corrected chi connectivity index (χ2v) is 3.16. The number of thiophene rings is 1. The first-order valence-electron chi connectivity index (χ1n) is 3.53. The lowest BCUT2D eigenvalue weighted by molar-refractivity contribution is -0.134. The summed E-state index contributed by atoms with van der Waals surface area (Å²) in [6.07, 6.45) is 3.39. The maximum Gasteiger partial charge on any atom is 0.300 e. The van der Waals surface area contributed by atoms with Gasteiger partial charge in [-0.2, -0.15) is 0 Å². The molecule has 0 amide bonds. The van der Waals surface area contributed by atoms with E-state index in [0.717, 1.165) is 17.1 Å². The highest BCUT2D eigenvalue weighted by Crippen LogP contribution is 2.15. The number of hydrogen-bond donors (Lipinski definition) is 1. The molecule has 2 aromatic rings. The molecule has 68 valence electrons. The van der Waals surface area contributed by atoms with Gasteiger partial charge < -0.3 is 5.11 Å². The maximum atomic E-state index is 9.00. The molecule has 0 aliphatic carbocycles. The van der Waals surface area contributed by atoms with Crippen molar-refractivity contribution in [2.45, 2.75) is 6.92 Å². The van der Waals surface area contributed by atoms with Crippen LogP contribution in [0.15, 0.2) is 24.0 Å². The van der Waals surface area contributed by atoms with Gasteiger partial charge in [0.15, 0.2) is 0 Å². The van der Waals surface area contributed by atoms with Crippen LogP contribution in [0, 0.1) is 0 Å². The number of aliphatic carboxylic acids is 1. The zero-order valence-corrected chi connectivity index (χ0v) is 7.78. The Morgan fingerprint density at radius 2 is 2.31 bits per heavy atom. The van der Waals surface area contributed by atoms with Gasteiger partial charge in [0.2, 0.25) is 0 Å². The highest BCUT2D eigenvalue weighted by Gasteiger charge is 1.90. The van der Waals surface area contributed by atoms with Crippen LogP contribution in [0.3, 0.4) is 0 Å². The molecule has 4 nitrogen and oxygen atoms in total. The van der Waals surface area contributed by atoms with Crippen LogP contribution in [0.2, 0.25) is 0 Å². The van der Waals surface area contributed by atoms with Crippen LogP contribution in [0.4, 0.5) is 0 Å². The molecule has 0 radical (unpaired) electrons. The minimum Gasteiger partial charge on any atom is -0.481 e. The van der Waals surface area contributed by atoms with Gasteiger partial charge in [-0.15, -0.1) is 11.3 Å². The van der Waals surface area contributed by atoms with Crippen molar-refractivity contribution in [3.05, 3.63) is 24.0 Å². The van der Waals surface area contributed by atoms with E-state index in [1.165, 1.54) is 0 Å². The fourth-order valence-electron chi connectivity index (χ4n) is 0.714. The molecule has 0 aromatic carbocycles. The Bertz CT molecular complexity index is 365. The second kappa shape index (κ2) is 4.51. The number of carbonyl (C=O) groups is 1. The Balaban J connectivity index is 0.000000184. The van der Waals surface area contributed by atoms with E-state index >= 15 is 0 Å². The van der Waals surface area contributed by atoms with Crippen molar-refractivity contribution in [2.75, 3.05) is 0 Å². The Morgan fingerprint density at radius 1 is 1.62 bits per heavy atom. The molecule has 0 saturated carbocycles. The molecule has 0 bridgehead atoms. The summed E-state index contributed by atoms with van der Waals surface area (Å²) in [6.45, 7) is 1.08. The molecule has 13 heavy (non-hydrogen) atoms. The molecule has 5 heteroatoms. The van der Waals surface area contributed by atoms with Crippen LogP contribution in [-0.4, -0.2) is 21.0 Å². The van der Waals surface area contributed by atoms with Crippen LogP contribution < -0.4 is 0 Å². The summed E-state index contributed by atoms with van der Waals surface area (Å²) in [5.74, 6) is -0.833. The first-order chi connectivity index (χ1) is 6.20. The lowest BCUT2D eigenvalue weighted by Gasteiger charge is -1.81. The van der Waals surface area contributed by atoms with Crippen molar-refractivity contribution in [1.29, 1.82) is 0 Å². The van der Waals surface area contributed by atoms with Crippen LogP contribution in [-0.2, 0) is 4.79 Å². The topological polar surface area (TPSA) is 63.1 Å². The Morgan fingerprint density at radius 3 is 2.92 bits per heavy atom. The number of carboxylic acids is 1. The van der Waals surface area contributed by atoms with E-state index in [1.807, 2.05) is 17.6 Å². The highest BCUT2D eigenvalue weighted by atomic mass is 32.1. The van der Waals surface area contributed by atoms with Crippen LogP contribution in [0.5, 0.6) is 0 Å². The number of rotatable bonds is 0. The summed E-state index contributed by atoms with van der Waals surface area (Å²) in [4.78, 5) is 16.9. The quantitative estimate of drug-likeness (QED) is 0.697. The van der Waals surface area contributed by atoms with Crippen LogP contribution in [0.1, 0.15) is 6.92 Å². The molecule has 0 saturated heterocycles. The van der Waals surface area contributed by atoms with E-state index in [-0.39, 0.29) is 0 Å². The summed E-state index contributed by atoms with van der Waals surface area (Å²) in [7, 11) is 0. The Hall–Kier alpha value is -1.49. The minimum atomic E-state index is -0.833. The van der Waals surface area contributed by atoms with E-state index in [9.17, 15) is 0 Å². The van der Waals surface area contributed by atoms with Gasteiger partial charge in [0.1, 0.15) is 6.33 Å². The van der Waals surface area contributed by atoms with Crippen molar-refractivity contribution in [3.63, 3.8) is 0 Å². The van der Waals surface area contributed by atoms with E-state index in [2.05, 4.69) is 9.97 Å². The zero-order chi connectivity index (χ0) is 9.68. The first kappa shape index (κ1) is 9.60. The largest absolute Gasteiger partial charge is 0.481 e. The van der Waals surface area contributed by atoms with Gasteiger partial charge in [-0.3, -0.25) is 4.79 Å². The van der Waals surface area contributed by atoms with E-state index in [4.69, 9.17) is 9.90 Å². The lowest BCUT2D eigenvalue weighted by Crippen LogP contribution is -1.78. The van der Waals surface area contributed by atoms with E-state index < -0.39 is 5.97 Å².